The van der Waals surface area contributed by atoms with Crippen LogP contribution in [0.15, 0.2) is 18.2 Å². The van der Waals surface area contributed by atoms with Crippen LogP contribution >= 0.6 is 11.8 Å². The average Bonchev–Trinajstić information content (AvgIpc) is 3.64. The van der Waals surface area contributed by atoms with E-state index in [0.717, 1.165) is 16.7 Å². The number of carbonyl (C=O) groups excluding carboxylic acids is 2. The minimum absolute atomic E-state index is 0.0248. The molecular weight excluding hydrogens is 717 g/mol. The Bertz CT molecular complexity index is 2190. The van der Waals surface area contributed by atoms with Crippen molar-refractivity contribution in [2.75, 3.05) is 39.9 Å². The van der Waals surface area contributed by atoms with E-state index >= 15 is 0 Å². The third-order valence-electron chi connectivity index (χ3n) is 11.9. The molecule has 15 heteroatoms. The molecule has 0 saturated carbocycles. The summed E-state index contributed by atoms with van der Waals surface area (Å²) in [6.07, 6.45) is 1.03. The number of fused-ring (bicyclic) bond motifs is 9. The molecule has 4 N–H and O–H groups in total. The molecule has 0 aliphatic carbocycles. The molecule has 3 aromatic carbocycles. The Labute approximate surface area is 315 Å². The molecule has 0 aromatic heterocycles. The molecule has 54 heavy (non-hydrogen) atoms. The summed E-state index contributed by atoms with van der Waals surface area (Å²) in [5, 5.41) is 40.3. The molecule has 4 bridgehead atoms. The van der Waals surface area contributed by atoms with E-state index in [0.29, 0.717) is 70.2 Å². The molecule has 10 rings (SSSR count). The zero-order valence-corrected chi connectivity index (χ0v) is 31.2. The maximum atomic E-state index is 14.7. The van der Waals surface area contributed by atoms with Crippen LogP contribution < -0.4 is 34.3 Å². The summed E-state index contributed by atoms with van der Waals surface area (Å²) < 4.78 is 35.9. The zero-order valence-electron chi connectivity index (χ0n) is 30.4. The van der Waals surface area contributed by atoms with Gasteiger partial charge in [-0.15, -0.1) is 11.8 Å². The lowest BCUT2D eigenvalue weighted by molar-refractivity contribution is -0.155. The molecule has 1 spiro atoms. The first-order chi connectivity index (χ1) is 26.0. The number of piperazine rings is 1. The minimum Gasteiger partial charge on any atom is -0.504 e. The van der Waals surface area contributed by atoms with Crippen LogP contribution in [0.4, 0.5) is 0 Å². The summed E-state index contributed by atoms with van der Waals surface area (Å²) in [5.74, 6) is 0.913. The van der Waals surface area contributed by atoms with Gasteiger partial charge in [0.05, 0.1) is 37.6 Å². The average molecular weight is 757 g/mol. The summed E-state index contributed by atoms with van der Waals surface area (Å²) in [6, 6.07) is 5.06. The number of hydrogen-bond donors (Lipinski definition) is 4. The Morgan fingerprint density at radius 2 is 1.85 bits per heavy atom. The lowest BCUT2D eigenvalue weighted by Crippen LogP contribution is -2.69. The first kappa shape index (κ1) is 34.9. The number of methoxy groups -OCH3 is 2. The van der Waals surface area contributed by atoms with Gasteiger partial charge in [0.1, 0.15) is 18.4 Å². The van der Waals surface area contributed by atoms with Crippen molar-refractivity contribution in [3.63, 3.8) is 0 Å². The van der Waals surface area contributed by atoms with Crippen molar-refractivity contribution in [1.29, 1.82) is 5.26 Å². The largest absolute Gasteiger partial charge is 0.504 e. The summed E-state index contributed by atoms with van der Waals surface area (Å²) in [6.45, 7) is 5.25. The molecule has 14 nitrogen and oxygen atoms in total. The molecule has 2 saturated heterocycles. The smallest absolute Gasteiger partial charge is 0.331 e. The topological polar surface area (TPSA) is 181 Å². The zero-order chi connectivity index (χ0) is 37.8. The number of nitriles is 1. The summed E-state index contributed by atoms with van der Waals surface area (Å²) in [4.78, 5) is 29.7. The maximum absolute atomic E-state index is 14.7. The lowest BCUT2D eigenvalue weighted by atomic mass is 9.72. The molecule has 2 fully saturated rings. The van der Waals surface area contributed by atoms with Gasteiger partial charge < -0.3 is 44.0 Å². The van der Waals surface area contributed by atoms with Gasteiger partial charge in [-0.3, -0.25) is 15.0 Å². The molecule has 3 aromatic rings. The van der Waals surface area contributed by atoms with Crippen molar-refractivity contribution in [1.82, 2.24) is 15.5 Å². The quantitative estimate of drug-likeness (QED) is 0.225. The Balaban J connectivity index is 1.32. The van der Waals surface area contributed by atoms with Crippen LogP contribution in [-0.2, 0) is 32.7 Å². The van der Waals surface area contributed by atoms with Crippen LogP contribution in [0.2, 0.25) is 0 Å². The predicted molar refractivity (Wildman–Crippen MR) is 193 cm³/mol. The number of esters is 2. The van der Waals surface area contributed by atoms with Crippen LogP contribution in [0.3, 0.4) is 0 Å². The summed E-state index contributed by atoms with van der Waals surface area (Å²) in [5.41, 5.74) is 4.33. The van der Waals surface area contributed by atoms with Crippen LogP contribution in [0.25, 0.3) is 0 Å². The van der Waals surface area contributed by atoms with Gasteiger partial charge in [-0.25, -0.2) is 4.79 Å². The highest BCUT2D eigenvalue weighted by Gasteiger charge is 2.60. The van der Waals surface area contributed by atoms with Crippen molar-refractivity contribution in [3.8, 4) is 46.3 Å². The van der Waals surface area contributed by atoms with Crippen molar-refractivity contribution >= 4 is 23.7 Å². The number of aromatic hydroxyl groups is 2. The maximum Gasteiger partial charge on any atom is 0.331 e. The SMILES string of the molecule is COc1cc2c(cc1O)CCN[C@]21CS[C@@H]2c3c(OC(C)=O)c(C)c4c(c3[C@@H](COC1=O)N1C2C2N[C@@H](Cc3cc(C)c(OC)c(O)c32)[C@@H]1C#N)OCO4. The van der Waals surface area contributed by atoms with Gasteiger partial charge in [0, 0.05) is 53.6 Å². The second-order valence-corrected chi connectivity index (χ2v) is 15.8. The molecule has 7 atom stereocenters. The fraction of sp³-hybridized carbons (Fsp3) is 0.462. The predicted octanol–water partition coefficient (Wildman–Crippen LogP) is 3.64. The molecular formula is C39H40N4O10S. The molecule has 0 radical (unpaired) electrons. The van der Waals surface area contributed by atoms with Gasteiger partial charge in [0.2, 0.25) is 6.79 Å². The Kier molecular flexibility index (Phi) is 8.13. The number of phenolic OH excluding ortho intramolecular Hbond substituents is 2. The van der Waals surface area contributed by atoms with Crippen LogP contribution in [0, 0.1) is 25.2 Å². The van der Waals surface area contributed by atoms with E-state index in [2.05, 4.69) is 21.6 Å². The van der Waals surface area contributed by atoms with Crippen LogP contribution in [0.1, 0.15) is 68.8 Å². The molecule has 2 unspecified atom stereocenters. The number of phenols is 2. The lowest BCUT2D eigenvalue weighted by Gasteiger charge is -2.59. The van der Waals surface area contributed by atoms with E-state index in [-0.39, 0.29) is 42.4 Å². The van der Waals surface area contributed by atoms with E-state index in [9.17, 15) is 25.1 Å². The van der Waals surface area contributed by atoms with Crippen molar-refractivity contribution in [2.24, 2.45) is 0 Å². The summed E-state index contributed by atoms with van der Waals surface area (Å²) in [7, 11) is 2.99. The molecule has 7 aliphatic rings. The van der Waals surface area contributed by atoms with E-state index in [1.54, 1.807) is 12.1 Å². The minimum atomic E-state index is -1.36. The van der Waals surface area contributed by atoms with Gasteiger partial charge in [-0.05, 0) is 61.1 Å². The first-order valence-corrected chi connectivity index (χ1v) is 19.0. The third kappa shape index (κ3) is 4.76. The molecule has 7 heterocycles. The van der Waals surface area contributed by atoms with Gasteiger partial charge in [0.25, 0.3) is 0 Å². The van der Waals surface area contributed by atoms with Gasteiger partial charge in [0.15, 0.2) is 40.0 Å². The number of carbonyl (C=O) groups is 2. The van der Waals surface area contributed by atoms with E-state index < -0.39 is 46.9 Å². The molecule has 7 aliphatic heterocycles. The van der Waals surface area contributed by atoms with E-state index in [4.69, 9.17) is 28.4 Å². The highest BCUT2D eigenvalue weighted by atomic mass is 32.2. The number of aryl methyl sites for hydroxylation is 1. The van der Waals surface area contributed by atoms with Gasteiger partial charge in [-0.2, -0.15) is 5.26 Å². The van der Waals surface area contributed by atoms with Gasteiger partial charge >= 0.3 is 11.9 Å². The molecule has 0 amide bonds. The highest BCUT2D eigenvalue weighted by molar-refractivity contribution is 7.99. The van der Waals surface area contributed by atoms with Crippen LogP contribution in [-0.4, -0.2) is 85.1 Å². The fourth-order valence-electron chi connectivity index (χ4n) is 9.79. The number of ether oxygens (including phenoxy) is 6. The van der Waals surface area contributed by atoms with E-state index in [1.165, 1.54) is 32.9 Å². The third-order valence-corrected chi connectivity index (χ3v) is 13.4. The monoisotopic (exact) mass is 756 g/mol. The van der Waals surface area contributed by atoms with Crippen molar-refractivity contribution in [2.45, 2.75) is 74.6 Å². The number of nitrogens with one attached hydrogen (secondary N) is 2. The first-order valence-electron chi connectivity index (χ1n) is 17.9. The second kappa shape index (κ2) is 12.6. The number of benzene rings is 3. The van der Waals surface area contributed by atoms with E-state index in [1.807, 2.05) is 19.9 Å². The van der Waals surface area contributed by atoms with Crippen molar-refractivity contribution < 1.29 is 48.2 Å². The molecule has 282 valence electrons. The number of nitrogens with zero attached hydrogens (tertiary/aromatic N) is 2. The summed E-state index contributed by atoms with van der Waals surface area (Å²) >= 11 is 1.46. The van der Waals surface area contributed by atoms with Crippen molar-refractivity contribution in [3.05, 3.63) is 62.7 Å². The number of hydrogen-bond acceptors (Lipinski definition) is 15. The Morgan fingerprint density at radius 1 is 1.06 bits per heavy atom. The second-order valence-electron chi connectivity index (χ2n) is 14.7. The Morgan fingerprint density at radius 3 is 2.59 bits per heavy atom. The highest BCUT2D eigenvalue weighted by Crippen LogP contribution is 2.63. The fourth-order valence-corrected chi connectivity index (χ4v) is 11.5. The van der Waals surface area contributed by atoms with Crippen LogP contribution in [0.5, 0.6) is 40.2 Å². The number of rotatable bonds is 3. The normalized spacial score (nSPS) is 28.9. The number of thioether (sulfide) groups is 1. The Hall–Kier alpha value is -4.88. The van der Waals surface area contributed by atoms with Gasteiger partial charge in [-0.1, -0.05) is 6.07 Å². The standard InChI is InChI=1S/C39H40N4O10S/c1-16-8-20-9-22-23(12-40)43-24-13-50-38(47)39(21-11-26(48-4)25(45)10-19(21)6-7-41-39)14-54-37(31(43)30(42-22)27(20)32(46)33(16)49-5)29-28(24)36-35(51-15-52-36)17(2)34(29)53-18(3)44/h8,10-11,22-24,30-31,37,41-42,45-46H,6-7,9,13-15H2,1-5H3/t22-,23-,24+,30?,31?,37+,39+/m0/s1.